The van der Waals surface area contributed by atoms with Crippen molar-refractivity contribution >= 4 is 0 Å². The lowest BCUT2D eigenvalue weighted by atomic mass is 10.1. The van der Waals surface area contributed by atoms with Crippen molar-refractivity contribution in [1.82, 2.24) is 10.2 Å². The van der Waals surface area contributed by atoms with Gasteiger partial charge in [-0.25, -0.2) is 0 Å². The van der Waals surface area contributed by atoms with E-state index in [-0.39, 0.29) is 11.8 Å². The molecule has 2 atom stereocenters. The minimum Gasteiger partial charge on any atom is -0.435 e. The summed E-state index contributed by atoms with van der Waals surface area (Å²) >= 11 is 0. The molecule has 0 saturated carbocycles. The molecule has 0 aliphatic rings. The summed E-state index contributed by atoms with van der Waals surface area (Å²) in [6.45, 7) is 8.82. The third-order valence-corrected chi connectivity index (χ3v) is 3.57. The van der Waals surface area contributed by atoms with E-state index >= 15 is 0 Å². The molecular formula is C16H26F2N2O. The number of likely N-dealkylation sites (N-methyl/N-ethyl adjacent to an activating group) is 1. The fraction of sp³-hybridized carbons (Fsp3) is 0.625. The van der Waals surface area contributed by atoms with Crippen molar-refractivity contribution in [2.45, 2.75) is 46.4 Å². The average molecular weight is 300 g/mol. The van der Waals surface area contributed by atoms with Crippen LogP contribution in [-0.2, 0) is 0 Å². The molecule has 1 rings (SSSR count). The molecule has 0 aromatic heterocycles. The Labute approximate surface area is 126 Å². The molecule has 5 heteroatoms. The van der Waals surface area contributed by atoms with E-state index in [4.69, 9.17) is 0 Å². The van der Waals surface area contributed by atoms with E-state index in [1.54, 1.807) is 12.1 Å². The first-order valence-electron chi connectivity index (χ1n) is 7.49. The summed E-state index contributed by atoms with van der Waals surface area (Å²) in [4.78, 5) is 2.37. The molecule has 120 valence electrons. The molecule has 0 amide bonds. The SMILES string of the molecule is CCN(CC)CC(C)NC(C)c1ccc(OC(F)F)cc1. The number of hydrogen-bond donors (Lipinski definition) is 1. The standard InChI is InChI=1S/C16H26F2N2O/c1-5-20(6-2)11-12(3)19-13(4)14-7-9-15(10-8-14)21-16(17)18/h7-10,12-13,16,19H,5-6,11H2,1-4H3. The molecule has 1 aromatic rings. The van der Waals surface area contributed by atoms with E-state index in [2.05, 4.69) is 42.6 Å². The third-order valence-electron chi connectivity index (χ3n) is 3.57. The number of ether oxygens (including phenoxy) is 1. The van der Waals surface area contributed by atoms with Gasteiger partial charge in [0, 0.05) is 18.6 Å². The molecule has 0 heterocycles. The van der Waals surface area contributed by atoms with Crippen molar-refractivity contribution in [1.29, 1.82) is 0 Å². The average Bonchev–Trinajstić information content (AvgIpc) is 2.44. The summed E-state index contributed by atoms with van der Waals surface area (Å²) in [6, 6.07) is 7.32. The number of halogens is 2. The van der Waals surface area contributed by atoms with E-state index in [0.29, 0.717) is 6.04 Å². The van der Waals surface area contributed by atoms with Crippen LogP contribution in [0.15, 0.2) is 24.3 Å². The van der Waals surface area contributed by atoms with Crippen LogP contribution in [0.2, 0.25) is 0 Å². The summed E-state index contributed by atoms with van der Waals surface area (Å²) in [5, 5.41) is 3.52. The molecule has 1 aromatic carbocycles. The Balaban J connectivity index is 2.52. The zero-order valence-corrected chi connectivity index (χ0v) is 13.3. The molecule has 0 spiro atoms. The van der Waals surface area contributed by atoms with Gasteiger partial charge >= 0.3 is 6.61 Å². The molecule has 1 N–H and O–H groups in total. The highest BCUT2D eigenvalue weighted by Crippen LogP contribution is 2.19. The zero-order chi connectivity index (χ0) is 15.8. The van der Waals surface area contributed by atoms with Crippen LogP contribution in [0.5, 0.6) is 5.75 Å². The maximum absolute atomic E-state index is 12.1. The fourth-order valence-electron chi connectivity index (χ4n) is 2.38. The van der Waals surface area contributed by atoms with Crippen molar-refractivity contribution in [2.75, 3.05) is 19.6 Å². The molecule has 2 unspecified atom stereocenters. The monoisotopic (exact) mass is 300 g/mol. The van der Waals surface area contributed by atoms with Crippen molar-refractivity contribution in [3.05, 3.63) is 29.8 Å². The van der Waals surface area contributed by atoms with Gasteiger partial charge in [-0.15, -0.1) is 0 Å². The molecule has 0 bridgehead atoms. The molecule has 0 fully saturated rings. The minimum atomic E-state index is -2.78. The van der Waals surface area contributed by atoms with Crippen LogP contribution in [0.25, 0.3) is 0 Å². The van der Waals surface area contributed by atoms with Crippen LogP contribution < -0.4 is 10.1 Å². The van der Waals surface area contributed by atoms with E-state index in [9.17, 15) is 8.78 Å². The Bertz CT molecular complexity index is 394. The van der Waals surface area contributed by atoms with Crippen LogP contribution in [0.4, 0.5) is 8.78 Å². The van der Waals surface area contributed by atoms with Crippen LogP contribution in [0, 0.1) is 0 Å². The zero-order valence-electron chi connectivity index (χ0n) is 13.3. The molecule has 0 radical (unpaired) electrons. The van der Waals surface area contributed by atoms with Crippen LogP contribution in [-0.4, -0.2) is 37.2 Å². The van der Waals surface area contributed by atoms with Gasteiger partial charge in [0.1, 0.15) is 5.75 Å². The predicted octanol–water partition coefficient (Wildman–Crippen LogP) is 3.67. The quantitative estimate of drug-likeness (QED) is 0.753. The van der Waals surface area contributed by atoms with Gasteiger partial charge in [0.2, 0.25) is 0 Å². The highest BCUT2D eigenvalue weighted by molar-refractivity contribution is 5.29. The van der Waals surface area contributed by atoms with Gasteiger partial charge in [0.05, 0.1) is 0 Å². The second kappa shape index (κ2) is 8.95. The third kappa shape index (κ3) is 6.40. The number of nitrogens with one attached hydrogen (secondary N) is 1. The second-order valence-corrected chi connectivity index (χ2v) is 5.22. The smallest absolute Gasteiger partial charge is 0.387 e. The van der Waals surface area contributed by atoms with Gasteiger partial charge in [0.25, 0.3) is 0 Å². The Morgan fingerprint density at radius 2 is 1.67 bits per heavy atom. The highest BCUT2D eigenvalue weighted by Gasteiger charge is 2.12. The molecule has 3 nitrogen and oxygen atoms in total. The largest absolute Gasteiger partial charge is 0.435 e. The minimum absolute atomic E-state index is 0.163. The molecule has 0 aliphatic heterocycles. The predicted molar refractivity (Wildman–Crippen MR) is 81.9 cm³/mol. The first kappa shape index (κ1) is 17.9. The van der Waals surface area contributed by atoms with Gasteiger partial charge in [-0.2, -0.15) is 8.78 Å². The van der Waals surface area contributed by atoms with Crippen molar-refractivity contribution in [2.24, 2.45) is 0 Å². The lowest BCUT2D eigenvalue weighted by Gasteiger charge is -2.26. The fourth-order valence-corrected chi connectivity index (χ4v) is 2.38. The Morgan fingerprint density at radius 1 is 1.10 bits per heavy atom. The number of benzene rings is 1. The molecular weight excluding hydrogens is 274 g/mol. The first-order chi connectivity index (χ1) is 9.96. The summed E-state index contributed by atoms with van der Waals surface area (Å²) < 4.78 is 28.6. The summed E-state index contributed by atoms with van der Waals surface area (Å²) in [5.74, 6) is 0.192. The number of nitrogens with zero attached hydrogens (tertiary/aromatic N) is 1. The van der Waals surface area contributed by atoms with E-state index in [1.165, 1.54) is 0 Å². The molecule has 21 heavy (non-hydrogen) atoms. The van der Waals surface area contributed by atoms with Gasteiger partial charge in [-0.05, 0) is 44.6 Å². The van der Waals surface area contributed by atoms with E-state index < -0.39 is 6.61 Å². The van der Waals surface area contributed by atoms with Crippen LogP contribution >= 0.6 is 0 Å². The van der Waals surface area contributed by atoms with Gasteiger partial charge < -0.3 is 15.0 Å². The Hall–Kier alpha value is -1.20. The number of rotatable bonds is 9. The lowest BCUT2D eigenvalue weighted by molar-refractivity contribution is -0.0498. The lowest BCUT2D eigenvalue weighted by Crippen LogP contribution is -2.40. The van der Waals surface area contributed by atoms with Crippen molar-refractivity contribution in [3.63, 3.8) is 0 Å². The number of alkyl halides is 2. The second-order valence-electron chi connectivity index (χ2n) is 5.22. The Morgan fingerprint density at radius 3 is 2.14 bits per heavy atom. The normalized spacial score (nSPS) is 14.5. The maximum atomic E-state index is 12.1. The summed E-state index contributed by atoms with van der Waals surface area (Å²) in [6.07, 6.45) is 0. The Kier molecular flexibility index (Phi) is 7.61. The number of hydrogen-bond acceptors (Lipinski definition) is 3. The summed E-state index contributed by atoms with van der Waals surface area (Å²) in [7, 11) is 0. The van der Waals surface area contributed by atoms with Gasteiger partial charge in [0.15, 0.2) is 0 Å². The highest BCUT2D eigenvalue weighted by atomic mass is 19.3. The van der Waals surface area contributed by atoms with Crippen LogP contribution in [0.3, 0.4) is 0 Å². The topological polar surface area (TPSA) is 24.5 Å². The first-order valence-corrected chi connectivity index (χ1v) is 7.49. The van der Waals surface area contributed by atoms with E-state index in [1.807, 2.05) is 12.1 Å². The van der Waals surface area contributed by atoms with Gasteiger partial charge in [-0.1, -0.05) is 26.0 Å². The van der Waals surface area contributed by atoms with Crippen molar-refractivity contribution < 1.29 is 13.5 Å². The maximum Gasteiger partial charge on any atom is 0.387 e. The van der Waals surface area contributed by atoms with Crippen LogP contribution in [0.1, 0.15) is 39.3 Å². The van der Waals surface area contributed by atoms with E-state index in [0.717, 1.165) is 25.2 Å². The molecule has 0 aliphatic carbocycles. The van der Waals surface area contributed by atoms with Crippen molar-refractivity contribution in [3.8, 4) is 5.75 Å². The van der Waals surface area contributed by atoms with Gasteiger partial charge in [-0.3, -0.25) is 0 Å². The molecule has 0 saturated heterocycles. The summed E-state index contributed by atoms with van der Waals surface area (Å²) in [5.41, 5.74) is 1.06.